The molecule has 0 aliphatic rings. The molecule has 3 rings (SSSR count). The van der Waals surface area contributed by atoms with Gasteiger partial charge in [0.1, 0.15) is 11.6 Å². The van der Waals surface area contributed by atoms with Gasteiger partial charge in [0.05, 0.1) is 11.0 Å². The molecule has 0 fully saturated rings. The summed E-state index contributed by atoms with van der Waals surface area (Å²) in [4.78, 5) is 4.79. The molecule has 0 atom stereocenters. The van der Waals surface area contributed by atoms with Crippen LogP contribution < -0.4 is 0 Å². The number of aromatic hydroxyl groups is 1. The second kappa shape index (κ2) is 5.19. The number of imidazole rings is 1. The zero-order valence-electron chi connectivity index (χ0n) is 12.3. The lowest BCUT2D eigenvalue weighted by Gasteiger charge is -2.13. The first-order valence-corrected chi connectivity index (χ1v) is 7.74. The topological polar surface area (TPSA) is 38.0 Å². The SMILES string of the molecule is Cc1cc(-c2nc3cc(Br)ccc3n2C(C)C)ccc1O. The van der Waals surface area contributed by atoms with Crippen molar-refractivity contribution in [2.75, 3.05) is 0 Å². The van der Waals surface area contributed by atoms with E-state index >= 15 is 0 Å². The largest absolute Gasteiger partial charge is 0.508 e. The smallest absolute Gasteiger partial charge is 0.141 e. The average molecular weight is 345 g/mol. The Kier molecular flexibility index (Phi) is 3.49. The third kappa shape index (κ3) is 2.44. The van der Waals surface area contributed by atoms with Crippen molar-refractivity contribution in [2.45, 2.75) is 26.8 Å². The lowest BCUT2D eigenvalue weighted by Crippen LogP contribution is -2.03. The number of aryl methyl sites for hydroxylation is 1. The summed E-state index contributed by atoms with van der Waals surface area (Å²) in [6.07, 6.45) is 0. The van der Waals surface area contributed by atoms with Gasteiger partial charge in [-0.1, -0.05) is 15.9 Å². The molecule has 0 saturated carbocycles. The molecule has 4 heteroatoms. The third-order valence-corrected chi connectivity index (χ3v) is 4.12. The molecular weight excluding hydrogens is 328 g/mol. The van der Waals surface area contributed by atoms with Crippen LogP contribution in [0.2, 0.25) is 0 Å². The molecule has 108 valence electrons. The van der Waals surface area contributed by atoms with Crippen molar-refractivity contribution < 1.29 is 5.11 Å². The number of hydrogen-bond donors (Lipinski definition) is 1. The van der Waals surface area contributed by atoms with Gasteiger partial charge in [0, 0.05) is 16.1 Å². The van der Waals surface area contributed by atoms with Crippen LogP contribution in [0, 0.1) is 6.92 Å². The van der Waals surface area contributed by atoms with Crippen LogP contribution in [0.25, 0.3) is 22.4 Å². The standard InChI is InChI=1S/C17H17BrN2O/c1-10(2)20-15-6-5-13(18)9-14(15)19-17(20)12-4-7-16(21)11(3)8-12/h4-10,21H,1-3H3. The predicted molar refractivity (Wildman–Crippen MR) is 89.7 cm³/mol. The summed E-state index contributed by atoms with van der Waals surface area (Å²) in [7, 11) is 0. The highest BCUT2D eigenvalue weighted by molar-refractivity contribution is 9.10. The Morgan fingerprint density at radius 3 is 2.57 bits per heavy atom. The van der Waals surface area contributed by atoms with E-state index in [1.54, 1.807) is 6.07 Å². The van der Waals surface area contributed by atoms with Crippen molar-refractivity contribution in [1.82, 2.24) is 9.55 Å². The molecule has 3 aromatic rings. The number of fused-ring (bicyclic) bond motifs is 1. The van der Waals surface area contributed by atoms with Crippen LogP contribution in [0.4, 0.5) is 0 Å². The van der Waals surface area contributed by atoms with Crippen LogP contribution in [-0.2, 0) is 0 Å². The summed E-state index contributed by atoms with van der Waals surface area (Å²) in [5.74, 6) is 1.25. The summed E-state index contributed by atoms with van der Waals surface area (Å²) in [5.41, 5.74) is 3.97. The molecule has 0 spiro atoms. The molecule has 0 saturated heterocycles. The van der Waals surface area contributed by atoms with Gasteiger partial charge < -0.3 is 9.67 Å². The van der Waals surface area contributed by atoms with Crippen LogP contribution in [0.3, 0.4) is 0 Å². The van der Waals surface area contributed by atoms with Gasteiger partial charge in [-0.3, -0.25) is 0 Å². The molecule has 1 heterocycles. The summed E-state index contributed by atoms with van der Waals surface area (Å²) in [6.45, 7) is 6.21. The normalized spacial score (nSPS) is 11.5. The lowest BCUT2D eigenvalue weighted by molar-refractivity contribution is 0.471. The Hall–Kier alpha value is -1.81. The van der Waals surface area contributed by atoms with Gasteiger partial charge in [-0.2, -0.15) is 0 Å². The van der Waals surface area contributed by atoms with Crippen molar-refractivity contribution in [3.63, 3.8) is 0 Å². The minimum Gasteiger partial charge on any atom is -0.508 e. The minimum absolute atomic E-state index is 0.306. The number of phenols is 1. The van der Waals surface area contributed by atoms with E-state index in [1.165, 1.54) is 0 Å². The fourth-order valence-electron chi connectivity index (χ4n) is 2.59. The number of halogens is 1. The van der Waals surface area contributed by atoms with Gasteiger partial charge in [-0.25, -0.2) is 4.98 Å². The maximum absolute atomic E-state index is 9.71. The van der Waals surface area contributed by atoms with Crippen LogP contribution in [0.15, 0.2) is 40.9 Å². The first kappa shape index (κ1) is 14.1. The second-order valence-corrected chi connectivity index (χ2v) is 6.45. The molecule has 0 aliphatic heterocycles. The molecule has 0 unspecified atom stereocenters. The van der Waals surface area contributed by atoms with Gasteiger partial charge in [-0.15, -0.1) is 0 Å². The molecule has 0 aliphatic carbocycles. The number of aromatic nitrogens is 2. The molecular formula is C17H17BrN2O. The van der Waals surface area contributed by atoms with Crippen molar-refractivity contribution in [3.05, 3.63) is 46.4 Å². The second-order valence-electron chi connectivity index (χ2n) is 5.53. The van der Waals surface area contributed by atoms with Crippen LogP contribution >= 0.6 is 15.9 Å². The number of phenolic OH excluding ortho intramolecular Hbond substituents is 1. The monoisotopic (exact) mass is 344 g/mol. The quantitative estimate of drug-likeness (QED) is 0.705. The van der Waals surface area contributed by atoms with E-state index in [9.17, 15) is 5.11 Å². The zero-order valence-corrected chi connectivity index (χ0v) is 13.8. The third-order valence-electron chi connectivity index (χ3n) is 3.62. The molecule has 1 aromatic heterocycles. The zero-order chi connectivity index (χ0) is 15.1. The lowest BCUT2D eigenvalue weighted by atomic mass is 10.1. The number of benzene rings is 2. The van der Waals surface area contributed by atoms with Crippen LogP contribution in [0.1, 0.15) is 25.5 Å². The maximum atomic E-state index is 9.71. The molecule has 0 bridgehead atoms. The molecule has 2 aromatic carbocycles. The van der Waals surface area contributed by atoms with Gasteiger partial charge in [0.25, 0.3) is 0 Å². The van der Waals surface area contributed by atoms with E-state index in [-0.39, 0.29) is 0 Å². The van der Waals surface area contributed by atoms with Crippen molar-refractivity contribution in [1.29, 1.82) is 0 Å². The van der Waals surface area contributed by atoms with Crippen molar-refractivity contribution >= 4 is 27.0 Å². The highest BCUT2D eigenvalue weighted by Gasteiger charge is 2.15. The minimum atomic E-state index is 0.306. The summed E-state index contributed by atoms with van der Waals surface area (Å²) in [5, 5.41) is 9.71. The number of nitrogens with zero attached hydrogens (tertiary/aromatic N) is 2. The molecule has 1 N–H and O–H groups in total. The Bertz CT molecular complexity index is 821. The van der Waals surface area contributed by atoms with Gasteiger partial charge in [0.15, 0.2) is 0 Å². The van der Waals surface area contributed by atoms with E-state index in [0.29, 0.717) is 11.8 Å². The van der Waals surface area contributed by atoms with Crippen molar-refractivity contribution in [2.24, 2.45) is 0 Å². The maximum Gasteiger partial charge on any atom is 0.141 e. The summed E-state index contributed by atoms with van der Waals surface area (Å²) in [6, 6.07) is 12.1. The van der Waals surface area contributed by atoms with E-state index < -0.39 is 0 Å². The fraction of sp³-hybridized carbons (Fsp3) is 0.235. The Morgan fingerprint density at radius 2 is 1.90 bits per heavy atom. The molecule has 0 radical (unpaired) electrons. The highest BCUT2D eigenvalue weighted by Crippen LogP contribution is 2.31. The van der Waals surface area contributed by atoms with Gasteiger partial charge >= 0.3 is 0 Å². The van der Waals surface area contributed by atoms with Crippen LogP contribution in [-0.4, -0.2) is 14.7 Å². The number of rotatable bonds is 2. The van der Waals surface area contributed by atoms with E-state index in [0.717, 1.165) is 32.5 Å². The van der Waals surface area contributed by atoms with Gasteiger partial charge in [0.2, 0.25) is 0 Å². The highest BCUT2D eigenvalue weighted by atomic mass is 79.9. The van der Waals surface area contributed by atoms with E-state index in [1.807, 2.05) is 31.2 Å². The fourth-order valence-corrected chi connectivity index (χ4v) is 2.94. The Balaban J connectivity index is 2.30. The van der Waals surface area contributed by atoms with Gasteiger partial charge in [-0.05, 0) is 62.7 Å². The number of hydrogen-bond acceptors (Lipinski definition) is 2. The summed E-state index contributed by atoms with van der Waals surface area (Å²) < 4.78 is 3.25. The average Bonchev–Trinajstić information content (AvgIpc) is 2.80. The first-order chi connectivity index (χ1) is 9.97. The van der Waals surface area contributed by atoms with E-state index in [2.05, 4.69) is 40.4 Å². The summed E-state index contributed by atoms with van der Waals surface area (Å²) >= 11 is 3.50. The van der Waals surface area contributed by atoms with Crippen molar-refractivity contribution in [3.8, 4) is 17.1 Å². The molecule has 21 heavy (non-hydrogen) atoms. The molecule has 3 nitrogen and oxygen atoms in total. The molecule has 0 amide bonds. The Labute approximate surface area is 132 Å². The van der Waals surface area contributed by atoms with Crippen LogP contribution in [0.5, 0.6) is 5.75 Å². The van der Waals surface area contributed by atoms with E-state index in [4.69, 9.17) is 4.98 Å². The predicted octanol–water partition coefficient (Wildman–Crippen LogP) is 5.06. The first-order valence-electron chi connectivity index (χ1n) is 6.95. The Morgan fingerprint density at radius 1 is 1.14 bits per heavy atom.